The Hall–Kier alpha value is -1.78. The standard InChI is InChI=1S/C17H22N4/c1-17(2)12-21(11-15-8-9-18-13-19-15)16(10-20-17)14-6-4-3-5-7-14/h3-9,13,16,20H,10-12H2,1-2H3. The Morgan fingerprint density at radius 2 is 2.05 bits per heavy atom. The summed E-state index contributed by atoms with van der Waals surface area (Å²) in [6.45, 7) is 7.31. The first-order chi connectivity index (χ1) is 10.1. The Morgan fingerprint density at radius 1 is 1.24 bits per heavy atom. The number of nitrogens with one attached hydrogen (secondary N) is 1. The highest BCUT2D eigenvalue weighted by atomic mass is 15.3. The van der Waals surface area contributed by atoms with Crippen LogP contribution in [0.2, 0.25) is 0 Å². The largest absolute Gasteiger partial charge is 0.309 e. The van der Waals surface area contributed by atoms with Gasteiger partial charge in [-0.15, -0.1) is 0 Å². The van der Waals surface area contributed by atoms with E-state index in [2.05, 4.69) is 64.4 Å². The first-order valence-corrected chi connectivity index (χ1v) is 7.43. The van der Waals surface area contributed by atoms with Gasteiger partial charge < -0.3 is 5.32 Å². The molecule has 110 valence electrons. The molecule has 0 saturated carbocycles. The highest BCUT2D eigenvalue weighted by Gasteiger charge is 2.33. The van der Waals surface area contributed by atoms with E-state index in [1.807, 2.05) is 12.3 Å². The molecule has 0 amide bonds. The van der Waals surface area contributed by atoms with Crippen LogP contribution in [0.25, 0.3) is 0 Å². The summed E-state index contributed by atoms with van der Waals surface area (Å²) in [7, 11) is 0. The third-order valence-electron chi connectivity index (χ3n) is 4.01. The Labute approximate surface area is 126 Å². The molecule has 1 aliphatic heterocycles. The second-order valence-corrected chi connectivity index (χ2v) is 6.30. The van der Waals surface area contributed by atoms with Crippen molar-refractivity contribution in [2.24, 2.45) is 0 Å². The van der Waals surface area contributed by atoms with E-state index in [4.69, 9.17) is 0 Å². The minimum atomic E-state index is 0.123. The van der Waals surface area contributed by atoms with Gasteiger partial charge in [0.1, 0.15) is 6.33 Å². The lowest BCUT2D eigenvalue weighted by molar-refractivity contribution is 0.0867. The predicted octanol–water partition coefficient (Wildman–Crippen LogP) is 2.40. The summed E-state index contributed by atoms with van der Waals surface area (Å²) in [5, 5.41) is 3.65. The Kier molecular flexibility index (Phi) is 3.99. The summed E-state index contributed by atoms with van der Waals surface area (Å²) in [6.07, 6.45) is 3.44. The van der Waals surface area contributed by atoms with Gasteiger partial charge in [0, 0.05) is 37.4 Å². The lowest BCUT2D eigenvalue weighted by Gasteiger charge is -2.44. The zero-order chi connectivity index (χ0) is 14.7. The van der Waals surface area contributed by atoms with Crippen LogP contribution in [-0.4, -0.2) is 33.5 Å². The van der Waals surface area contributed by atoms with Crippen molar-refractivity contribution in [3.8, 4) is 0 Å². The van der Waals surface area contributed by atoms with E-state index >= 15 is 0 Å². The fraction of sp³-hybridized carbons (Fsp3) is 0.412. The molecular weight excluding hydrogens is 260 g/mol. The molecule has 1 fully saturated rings. The third kappa shape index (κ3) is 3.46. The molecule has 1 saturated heterocycles. The molecule has 0 spiro atoms. The first-order valence-electron chi connectivity index (χ1n) is 7.43. The van der Waals surface area contributed by atoms with Gasteiger partial charge in [0.25, 0.3) is 0 Å². The minimum Gasteiger partial charge on any atom is -0.309 e. The fourth-order valence-corrected chi connectivity index (χ4v) is 2.97. The molecule has 1 N–H and O–H groups in total. The zero-order valence-electron chi connectivity index (χ0n) is 12.7. The molecule has 21 heavy (non-hydrogen) atoms. The summed E-state index contributed by atoms with van der Waals surface area (Å²) >= 11 is 0. The van der Waals surface area contributed by atoms with E-state index < -0.39 is 0 Å². The van der Waals surface area contributed by atoms with Crippen LogP contribution in [0.3, 0.4) is 0 Å². The van der Waals surface area contributed by atoms with E-state index in [-0.39, 0.29) is 5.54 Å². The monoisotopic (exact) mass is 282 g/mol. The van der Waals surface area contributed by atoms with Gasteiger partial charge >= 0.3 is 0 Å². The average Bonchev–Trinajstić information content (AvgIpc) is 2.48. The van der Waals surface area contributed by atoms with Gasteiger partial charge in [-0.1, -0.05) is 30.3 Å². The van der Waals surface area contributed by atoms with Gasteiger partial charge in [0.15, 0.2) is 0 Å². The molecule has 1 aromatic carbocycles. The number of aromatic nitrogens is 2. The van der Waals surface area contributed by atoms with Crippen LogP contribution in [0, 0.1) is 0 Å². The van der Waals surface area contributed by atoms with Crippen molar-refractivity contribution in [3.63, 3.8) is 0 Å². The van der Waals surface area contributed by atoms with Crippen molar-refractivity contribution < 1.29 is 0 Å². The lowest BCUT2D eigenvalue weighted by atomic mass is 9.94. The Bertz CT molecular complexity index is 568. The van der Waals surface area contributed by atoms with Crippen LogP contribution in [0.4, 0.5) is 0 Å². The van der Waals surface area contributed by atoms with E-state index in [0.717, 1.165) is 25.3 Å². The summed E-state index contributed by atoms with van der Waals surface area (Å²) < 4.78 is 0. The molecule has 4 heteroatoms. The van der Waals surface area contributed by atoms with Crippen molar-refractivity contribution in [2.45, 2.75) is 32.0 Å². The van der Waals surface area contributed by atoms with E-state index in [9.17, 15) is 0 Å². The maximum atomic E-state index is 4.38. The fourth-order valence-electron chi connectivity index (χ4n) is 2.97. The smallest absolute Gasteiger partial charge is 0.115 e. The van der Waals surface area contributed by atoms with Crippen LogP contribution in [0.1, 0.15) is 31.1 Å². The summed E-state index contributed by atoms with van der Waals surface area (Å²) in [4.78, 5) is 10.9. The third-order valence-corrected chi connectivity index (χ3v) is 4.01. The molecule has 0 aliphatic carbocycles. The zero-order valence-corrected chi connectivity index (χ0v) is 12.7. The van der Waals surface area contributed by atoms with Gasteiger partial charge in [0.05, 0.1) is 5.69 Å². The number of benzene rings is 1. The van der Waals surface area contributed by atoms with Crippen LogP contribution in [0.15, 0.2) is 48.9 Å². The maximum absolute atomic E-state index is 4.38. The highest BCUT2D eigenvalue weighted by molar-refractivity contribution is 5.21. The van der Waals surface area contributed by atoms with Gasteiger partial charge in [-0.25, -0.2) is 9.97 Å². The van der Waals surface area contributed by atoms with Crippen molar-refractivity contribution in [3.05, 3.63) is 60.2 Å². The molecule has 0 bridgehead atoms. The second kappa shape index (κ2) is 5.92. The van der Waals surface area contributed by atoms with Crippen molar-refractivity contribution in [2.75, 3.05) is 13.1 Å². The maximum Gasteiger partial charge on any atom is 0.115 e. The summed E-state index contributed by atoms with van der Waals surface area (Å²) in [5.74, 6) is 0. The molecule has 4 nitrogen and oxygen atoms in total. The predicted molar refractivity (Wildman–Crippen MR) is 83.7 cm³/mol. The van der Waals surface area contributed by atoms with Gasteiger partial charge in [-0.05, 0) is 25.5 Å². The summed E-state index contributed by atoms with van der Waals surface area (Å²) in [6, 6.07) is 13.1. The topological polar surface area (TPSA) is 41.1 Å². The van der Waals surface area contributed by atoms with Gasteiger partial charge in [-0.2, -0.15) is 0 Å². The average molecular weight is 282 g/mol. The normalized spacial score (nSPS) is 22.1. The molecule has 1 atom stereocenters. The summed E-state index contributed by atoms with van der Waals surface area (Å²) in [5.41, 5.74) is 2.55. The Morgan fingerprint density at radius 3 is 2.76 bits per heavy atom. The van der Waals surface area contributed by atoms with Gasteiger partial charge in [-0.3, -0.25) is 4.90 Å². The number of hydrogen-bond acceptors (Lipinski definition) is 4. The first kappa shape index (κ1) is 14.2. The van der Waals surface area contributed by atoms with Gasteiger partial charge in [0.2, 0.25) is 0 Å². The van der Waals surface area contributed by atoms with E-state index in [1.54, 1.807) is 6.33 Å². The van der Waals surface area contributed by atoms with E-state index in [1.165, 1.54) is 5.56 Å². The van der Waals surface area contributed by atoms with Crippen LogP contribution < -0.4 is 5.32 Å². The quantitative estimate of drug-likeness (QED) is 0.938. The SMILES string of the molecule is CC1(C)CN(Cc2ccncn2)C(c2ccccc2)CN1. The molecule has 2 aromatic rings. The lowest BCUT2D eigenvalue weighted by Crippen LogP contribution is -2.57. The number of nitrogens with zero attached hydrogens (tertiary/aromatic N) is 3. The van der Waals surface area contributed by atoms with Crippen LogP contribution in [0.5, 0.6) is 0 Å². The van der Waals surface area contributed by atoms with E-state index in [0.29, 0.717) is 6.04 Å². The molecule has 3 rings (SSSR count). The molecule has 1 unspecified atom stereocenters. The van der Waals surface area contributed by atoms with Crippen molar-refractivity contribution in [1.29, 1.82) is 0 Å². The second-order valence-electron chi connectivity index (χ2n) is 6.30. The number of piperazine rings is 1. The highest BCUT2D eigenvalue weighted by Crippen LogP contribution is 2.28. The molecule has 0 radical (unpaired) electrons. The van der Waals surface area contributed by atoms with Crippen LogP contribution in [-0.2, 0) is 6.54 Å². The Balaban J connectivity index is 1.84. The molecule has 1 aliphatic rings. The van der Waals surface area contributed by atoms with Crippen molar-refractivity contribution >= 4 is 0 Å². The minimum absolute atomic E-state index is 0.123. The molecular formula is C17H22N4. The molecule has 1 aromatic heterocycles. The number of rotatable bonds is 3. The number of hydrogen-bond donors (Lipinski definition) is 1. The van der Waals surface area contributed by atoms with Crippen LogP contribution >= 0.6 is 0 Å². The molecule has 2 heterocycles. The van der Waals surface area contributed by atoms with Crippen molar-refractivity contribution in [1.82, 2.24) is 20.2 Å².